The van der Waals surface area contributed by atoms with Gasteiger partial charge in [-0.15, -0.1) is 0 Å². The first-order valence-electron chi connectivity index (χ1n) is 4.15. The summed E-state index contributed by atoms with van der Waals surface area (Å²) in [6.07, 6.45) is 0.594. The van der Waals surface area contributed by atoms with E-state index in [1.165, 1.54) is 0 Å². The lowest BCUT2D eigenvalue weighted by Crippen LogP contribution is -2.32. The van der Waals surface area contributed by atoms with Crippen LogP contribution in [0.5, 0.6) is 0 Å². The van der Waals surface area contributed by atoms with Crippen LogP contribution in [0.15, 0.2) is 0 Å². The molecule has 0 saturated carbocycles. The Morgan fingerprint density at radius 3 is 1.42 bits per heavy atom. The molecule has 74 valence electrons. The molecule has 0 bridgehead atoms. The number of aliphatic hydroxyl groups is 3. The first-order chi connectivity index (χ1) is 5.74. The Balaban J connectivity index is 0.000000330. The molecule has 0 aromatic heterocycles. The maximum absolute atomic E-state index is 8.66. The second-order valence-corrected chi connectivity index (χ2v) is 2.94. The van der Waals surface area contributed by atoms with E-state index in [1.807, 2.05) is 6.92 Å². The predicted molar refractivity (Wildman–Crippen MR) is 44.8 cm³/mol. The third-order valence-corrected chi connectivity index (χ3v) is 1.96. The summed E-state index contributed by atoms with van der Waals surface area (Å²) < 4.78 is 4.50. The highest BCUT2D eigenvalue weighted by molar-refractivity contribution is 4.74. The van der Waals surface area contributed by atoms with Crippen LogP contribution in [0.25, 0.3) is 0 Å². The summed E-state index contributed by atoms with van der Waals surface area (Å²) in [6.45, 7) is 3.35. The molecule has 0 atom stereocenters. The van der Waals surface area contributed by atoms with E-state index in [0.29, 0.717) is 6.42 Å². The molecule has 1 aliphatic heterocycles. The van der Waals surface area contributed by atoms with E-state index in [2.05, 4.69) is 4.74 Å². The summed E-state index contributed by atoms with van der Waals surface area (Å²) >= 11 is 0. The monoisotopic (exact) mass is 178 g/mol. The van der Waals surface area contributed by atoms with Crippen molar-refractivity contribution in [1.29, 1.82) is 0 Å². The summed E-state index contributed by atoms with van der Waals surface area (Å²) in [5.41, 5.74) is -0.667. The number of hydrogen-bond acceptors (Lipinski definition) is 4. The van der Waals surface area contributed by atoms with Crippen LogP contribution in [-0.2, 0) is 4.74 Å². The number of epoxide rings is 1. The van der Waals surface area contributed by atoms with Crippen LogP contribution < -0.4 is 0 Å². The number of rotatable bonds is 4. The van der Waals surface area contributed by atoms with E-state index in [4.69, 9.17) is 15.3 Å². The van der Waals surface area contributed by atoms with E-state index < -0.39 is 5.41 Å². The van der Waals surface area contributed by atoms with Crippen molar-refractivity contribution in [3.63, 3.8) is 0 Å². The van der Waals surface area contributed by atoms with Gasteiger partial charge in [0, 0.05) is 5.41 Å². The summed E-state index contributed by atoms with van der Waals surface area (Å²) in [5.74, 6) is 0. The maximum Gasteiger partial charge on any atom is 0.0701 e. The zero-order valence-corrected chi connectivity index (χ0v) is 7.49. The van der Waals surface area contributed by atoms with Crippen LogP contribution in [0.4, 0.5) is 0 Å². The normalized spacial score (nSPS) is 15.0. The second-order valence-electron chi connectivity index (χ2n) is 2.94. The Bertz CT molecular complexity index is 79.0. The summed E-state index contributed by atoms with van der Waals surface area (Å²) in [6, 6.07) is 0. The van der Waals surface area contributed by atoms with Gasteiger partial charge in [-0.2, -0.15) is 0 Å². The molecule has 12 heavy (non-hydrogen) atoms. The Morgan fingerprint density at radius 1 is 1.08 bits per heavy atom. The summed E-state index contributed by atoms with van der Waals surface area (Å²) in [7, 11) is 0. The topological polar surface area (TPSA) is 73.2 Å². The maximum atomic E-state index is 8.66. The molecule has 1 heterocycles. The van der Waals surface area contributed by atoms with Gasteiger partial charge in [-0.1, -0.05) is 6.92 Å². The van der Waals surface area contributed by atoms with Gasteiger partial charge in [0.05, 0.1) is 33.0 Å². The van der Waals surface area contributed by atoms with Gasteiger partial charge in [0.15, 0.2) is 0 Å². The minimum Gasteiger partial charge on any atom is -0.396 e. The SMILES string of the molecule is C1CO1.CCC(CO)(CO)CO. The van der Waals surface area contributed by atoms with Crippen LogP contribution in [0.3, 0.4) is 0 Å². The van der Waals surface area contributed by atoms with E-state index in [0.717, 1.165) is 13.2 Å². The molecule has 1 aliphatic rings. The Labute approximate surface area is 72.8 Å². The van der Waals surface area contributed by atoms with E-state index >= 15 is 0 Å². The highest BCUT2D eigenvalue weighted by Gasteiger charge is 2.24. The third-order valence-electron chi connectivity index (χ3n) is 1.96. The van der Waals surface area contributed by atoms with Crippen molar-refractivity contribution in [1.82, 2.24) is 0 Å². The quantitative estimate of drug-likeness (QED) is 0.501. The highest BCUT2D eigenvalue weighted by atomic mass is 16.6. The summed E-state index contributed by atoms with van der Waals surface area (Å²) in [5, 5.41) is 26.0. The first-order valence-corrected chi connectivity index (χ1v) is 4.15. The number of ether oxygens (including phenoxy) is 1. The lowest BCUT2D eigenvalue weighted by atomic mass is 9.88. The van der Waals surface area contributed by atoms with E-state index in [-0.39, 0.29) is 19.8 Å². The second kappa shape index (κ2) is 6.37. The van der Waals surface area contributed by atoms with Gasteiger partial charge in [0.25, 0.3) is 0 Å². The molecule has 1 saturated heterocycles. The molecule has 1 rings (SSSR count). The van der Waals surface area contributed by atoms with Gasteiger partial charge in [0.1, 0.15) is 0 Å². The van der Waals surface area contributed by atoms with Crippen molar-refractivity contribution in [2.45, 2.75) is 13.3 Å². The third kappa shape index (κ3) is 4.66. The number of aliphatic hydroxyl groups excluding tert-OH is 3. The fraction of sp³-hybridized carbons (Fsp3) is 1.00. The van der Waals surface area contributed by atoms with Crippen molar-refractivity contribution in [3.8, 4) is 0 Å². The van der Waals surface area contributed by atoms with Crippen LogP contribution in [-0.4, -0.2) is 48.4 Å². The Hall–Kier alpha value is -0.160. The van der Waals surface area contributed by atoms with Gasteiger partial charge in [-0.05, 0) is 6.42 Å². The molecular formula is C8H18O4. The summed E-state index contributed by atoms with van der Waals surface area (Å²) in [4.78, 5) is 0. The number of hydrogen-bond donors (Lipinski definition) is 3. The largest absolute Gasteiger partial charge is 0.396 e. The van der Waals surface area contributed by atoms with Crippen molar-refractivity contribution in [2.24, 2.45) is 5.41 Å². The smallest absolute Gasteiger partial charge is 0.0701 e. The van der Waals surface area contributed by atoms with Crippen molar-refractivity contribution in [2.75, 3.05) is 33.0 Å². The zero-order chi connectivity index (χ0) is 9.45. The highest BCUT2D eigenvalue weighted by Crippen LogP contribution is 2.18. The Morgan fingerprint density at radius 2 is 1.42 bits per heavy atom. The van der Waals surface area contributed by atoms with Crippen LogP contribution in [0.1, 0.15) is 13.3 Å². The van der Waals surface area contributed by atoms with E-state index in [9.17, 15) is 0 Å². The molecule has 0 aromatic carbocycles. The van der Waals surface area contributed by atoms with Crippen molar-refractivity contribution in [3.05, 3.63) is 0 Å². The molecule has 0 amide bonds. The molecule has 0 unspecified atom stereocenters. The van der Waals surface area contributed by atoms with Gasteiger partial charge in [-0.3, -0.25) is 0 Å². The van der Waals surface area contributed by atoms with Crippen molar-refractivity contribution >= 4 is 0 Å². The van der Waals surface area contributed by atoms with Crippen LogP contribution in [0.2, 0.25) is 0 Å². The molecule has 0 aliphatic carbocycles. The van der Waals surface area contributed by atoms with Gasteiger partial charge in [0.2, 0.25) is 0 Å². The van der Waals surface area contributed by atoms with Crippen LogP contribution in [0, 0.1) is 5.41 Å². The molecule has 0 radical (unpaired) electrons. The molecule has 0 spiro atoms. The fourth-order valence-corrected chi connectivity index (χ4v) is 0.485. The first kappa shape index (κ1) is 11.8. The molecule has 4 heteroatoms. The lowest BCUT2D eigenvalue weighted by molar-refractivity contribution is 0.00304. The van der Waals surface area contributed by atoms with Crippen molar-refractivity contribution < 1.29 is 20.1 Å². The van der Waals surface area contributed by atoms with Gasteiger partial charge < -0.3 is 20.1 Å². The zero-order valence-electron chi connectivity index (χ0n) is 7.49. The predicted octanol–water partition coefficient (Wildman–Crippen LogP) is -0.624. The standard InChI is InChI=1S/C6H14O3.C2H4O/c1-2-6(3-7,4-8)5-9;1-2-3-1/h7-9H,2-5H2,1H3;1-2H2. The molecule has 4 nitrogen and oxygen atoms in total. The molecule has 0 aromatic rings. The van der Waals surface area contributed by atoms with Gasteiger partial charge in [-0.25, -0.2) is 0 Å². The van der Waals surface area contributed by atoms with E-state index in [1.54, 1.807) is 0 Å². The van der Waals surface area contributed by atoms with Crippen LogP contribution >= 0.6 is 0 Å². The lowest BCUT2D eigenvalue weighted by Gasteiger charge is -2.24. The molecular weight excluding hydrogens is 160 g/mol. The minimum atomic E-state index is -0.667. The minimum absolute atomic E-state index is 0.156. The molecule has 1 fully saturated rings. The Kier molecular flexibility index (Phi) is 6.28. The molecule has 3 N–H and O–H groups in total. The fourth-order valence-electron chi connectivity index (χ4n) is 0.485. The van der Waals surface area contributed by atoms with Gasteiger partial charge >= 0.3 is 0 Å². The average Bonchev–Trinajstić information content (AvgIpc) is 2.96. The average molecular weight is 178 g/mol.